The number of amides is 1. The summed E-state index contributed by atoms with van der Waals surface area (Å²) in [7, 11) is 3.99. The molecule has 0 aliphatic heterocycles. The summed E-state index contributed by atoms with van der Waals surface area (Å²) in [4.78, 5) is 13.8. The average Bonchev–Trinajstić information content (AvgIpc) is 3.01. The van der Waals surface area contributed by atoms with Crippen LogP contribution in [0, 0.1) is 0 Å². The summed E-state index contributed by atoms with van der Waals surface area (Å²) >= 11 is 1.65. The Kier molecular flexibility index (Phi) is 4.58. The summed E-state index contributed by atoms with van der Waals surface area (Å²) in [5, 5.41) is 17.7. The van der Waals surface area contributed by atoms with E-state index in [-0.39, 0.29) is 18.5 Å². The van der Waals surface area contributed by atoms with Crippen molar-refractivity contribution in [1.29, 1.82) is 0 Å². The molecule has 0 saturated carbocycles. The topological polar surface area (TPSA) is 75.9 Å². The number of likely N-dealkylation sites (N-methyl/N-ethyl adjacent to an activating group) is 1. The minimum Gasteiger partial charge on any atom is -0.353 e. The van der Waals surface area contributed by atoms with E-state index in [9.17, 15) is 4.79 Å². The summed E-state index contributed by atoms with van der Waals surface area (Å²) in [5.41, 5.74) is 1.21. The second-order valence-electron chi connectivity index (χ2n) is 4.35. The van der Waals surface area contributed by atoms with Crippen LogP contribution < -0.4 is 5.32 Å². The van der Waals surface area contributed by atoms with Gasteiger partial charge in [0.2, 0.25) is 5.91 Å². The van der Waals surface area contributed by atoms with Crippen LogP contribution in [0.15, 0.2) is 23.2 Å². The van der Waals surface area contributed by atoms with Gasteiger partial charge in [0.05, 0.1) is 6.04 Å². The first-order valence-electron chi connectivity index (χ1n) is 5.83. The molecule has 2 rings (SSSR count). The molecule has 0 radical (unpaired) electrons. The van der Waals surface area contributed by atoms with E-state index in [1.165, 1.54) is 16.6 Å². The first-order valence-corrected chi connectivity index (χ1v) is 6.77. The number of tetrazole rings is 1. The highest BCUT2D eigenvalue weighted by atomic mass is 32.1. The van der Waals surface area contributed by atoms with Gasteiger partial charge in [-0.2, -0.15) is 11.3 Å². The number of hydrogen-bond donors (Lipinski definition) is 1. The lowest BCUT2D eigenvalue weighted by Crippen LogP contribution is -2.36. The van der Waals surface area contributed by atoms with Crippen molar-refractivity contribution in [1.82, 2.24) is 30.4 Å². The highest BCUT2D eigenvalue weighted by Crippen LogP contribution is 2.19. The quantitative estimate of drug-likeness (QED) is 0.815. The van der Waals surface area contributed by atoms with Crippen molar-refractivity contribution < 1.29 is 4.79 Å². The Morgan fingerprint density at radius 1 is 1.58 bits per heavy atom. The zero-order valence-corrected chi connectivity index (χ0v) is 11.7. The number of nitrogens with one attached hydrogen (secondary N) is 1. The monoisotopic (exact) mass is 280 g/mol. The lowest BCUT2D eigenvalue weighted by atomic mass is 10.1. The minimum atomic E-state index is -0.102. The van der Waals surface area contributed by atoms with E-state index in [0.29, 0.717) is 6.54 Å². The van der Waals surface area contributed by atoms with Crippen LogP contribution in [0.4, 0.5) is 0 Å². The number of carbonyl (C=O) groups excluding carboxylic acids is 1. The number of hydrogen-bond acceptors (Lipinski definition) is 6. The molecule has 2 aromatic rings. The molecule has 0 aliphatic rings. The number of carbonyl (C=O) groups is 1. The Labute approximate surface area is 115 Å². The molecule has 1 atom stereocenters. The predicted octanol–water partition coefficient (Wildman–Crippen LogP) is 0.154. The molecule has 102 valence electrons. The van der Waals surface area contributed by atoms with Gasteiger partial charge in [0, 0.05) is 6.54 Å². The maximum absolute atomic E-state index is 11.8. The van der Waals surface area contributed by atoms with Gasteiger partial charge in [-0.3, -0.25) is 4.79 Å². The standard InChI is InChI=1S/C11H16N6OS/c1-16(2)10(9-3-4-19-7-9)5-12-11(18)6-17-8-13-14-15-17/h3-4,7-8,10H,5-6H2,1-2H3,(H,12,18)/t10-/m0/s1. The summed E-state index contributed by atoms with van der Waals surface area (Å²) < 4.78 is 1.39. The SMILES string of the molecule is CN(C)[C@@H](CNC(=O)Cn1cnnn1)c1ccsc1. The van der Waals surface area contributed by atoms with Crippen molar-refractivity contribution in [3.8, 4) is 0 Å². The van der Waals surface area contributed by atoms with Crippen molar-refractivity contribution in [3.05, 3.63) is 28.7 Å². The molecule has 0 bridgehead atoms. The maximum Gasteiger partial charge on any atom is 0.241 e. The van der Waals surface area contributed by atoms with E-state index in [2.05, 4.69) is 37.2 Å². The second kappa shape index (κ2) is 6.39. The number of aromatic nitrogens is 4. The molecular formula is C11H16N6OS. The molecule has 19 heavy (non-hydrogen) atoms. The summed E-state index contributed by atoms with van der Waals surface area (Å²) in [6.45, 7) is 0.696. The zero-order chi connectivity index (χ0) is 13.7. The van der Waals surface area contributed by atoms with Gasteiger partial charge >= 0.3 is 0 Å². The van der Waals surface area contributed by atoms with Crippen molar-refractivity contribution >= 4 is 17.2 Å². The van der Waals surface area contributed by atoms with Gasteiger partial charge in [-0.25, -0.2) is 4.68 Å². The summed E-state index contributed by atoms with van der Waals surface area (Å²) in [6, 6.07) is 2.24. The highest BCUT2D eigenvalue weighted by Gasteiger charge is 2.15. The van der Waals surface area contributed by atoms with Crippen LogP contribution in [-0.2, 0) is 11.3 Å². The van der Waals surface area contributed by atoms with Crippen LogP contribution in [0.3, 0.4) is 0 Å². The van der Waals surface area contributed by atoms with Crippen LogP contribution in [0.1, 0.15) is 11.6 Å². The fraction of sp³-hybridized carbons (Fsp3) is 0.455. The van der Waals surface area contributed by atoms with E-state index in [1.807, 2.05) is 19.5 Å². The smallest absolute Gasteiger partial charge is 0.241 e. The molecule has 0 aliphatic carbocycles. The average molecular weight is 280 g/mol. The Bertz CT molecular complexity index is 495. The van der Waals surface area contributed by atoms with Crippen LogP contribution in [0.5, 0.6) is 0 Å². The van der Waals surface area contributed by atoms with Gasteiger partial charge in [-0.05, 0) is 46.9 Å². The van der Waals surface area contributed by atoms with Gasteiger partial charge in [0.15, 0.2) is 0 Å². The summed E-state index contributed by atoms with van der Waals surface area (Å²) in [5.74, 6) is -0.102. The molecule has 1 amide bonds. The molecule has 0 unspecified atom stereocenters. The fourth-order valence-electron chi connectivity index (χ4n) is 1.73. The summed E-state index contributed by atoms with van der Waals surface area (Å²) in [6.07, 6.45) is 1.42. The maximum atomic E-state index is 11.8. The van der Waals surface area contributed by atoms with Crippen molar-refractivity contribution in [2.45, 2.75) is 12.6 Å². The highest BCUT2D eigenvalue weighted by molar-refractivity contribution is 7.07. The van der Waals surface area contributed by atoms with Crippen molar-refractivity contribution in [2.24, 2.45) is 0 Å². The van der Waals surface area contributed by atoms with Crippen LogP contribution >= 0.6 is 11.3 Å². The van der Waals surface area contributed by atoms with E-state index in [4.69, 9.17) is 0 Å². The van der Waals surface area contributed by atoms with E-state index >= 15 is 0 Å². The third kappa shape index (κ3) is 3.83. The predicted molar refractivity (Wildman–Crippen MR) is 71.6 cm³/mol. The lowest BCUT2D eigenvalue weighted by molar-refractivity contribution is -0.122. The molecule has 0 saturated heterocycles. The third-order valence-corrected chi connectivity index (χ3v) is 3.44. The molecule has 1 N–H and O–H groups in total. The Hall–Kier alpha value is -1.80. The molecule has 8 heteroatoms. The Morgan fingerprint density at radius 2 is 2.42 bits per heavy atom. The van der Waals surface area contributed by atoms with Crippen molar-refractivity contribution in [3.63, 3.8) is 0 Å². The van der Waals surface area contributed by atoms with E-state index in [1.54, 1.807) is 11.3 Å². The Morgan fingerprint density at radius 3 is 3.00 bits per heavy atom. The van der Waals surface area contributed by atoms with Gasteiger partial charge in [0.25, 0.3) is 0 Å². The molecule has 2 heterocycles. The largest absolute Gasteiger partial charge is 0.353 e. The van der Waals surface area contributed by atoms with Gasteiger partial charge in [-0.1, -0.05) is 0 Å². The zero-order valence-electron chi connectivity index (χ0n) is 10.9. The molecule has 2 aromatic heterocycles. The molecule has 0 aromatic carbocycles. The minimum absolute atomic E-state index is 0.102. The van der Waals surface area contributed by atoms with E-state index < -0.39 is 0 Å². The normalized spacial score (nSPS) is 12.6. The first kappa shape index (κ1) is 13.6. The van der Waals surface area contributed by atoms with Gasteiger partial charge < -0.3 is 10.2 Å². The number of rotatable bonds is 6. The van der Waals surface area contributed by atoms with Crippen LogP contribution in [0.25, 0.3) is 0 Å². The van der Waals surface area contributed by atoms with Crippen LogP contribution in [-0.4, -0.2) is 51.7 Å². The lowest BCUT2D eigenvalue weighted by Gasteiger charge is -2.23. The molecular weight excluding hydrogens is 264 g/mol. The molecule has 0 fully saturated rings. The van der Waals surface area contributed by atoms with Gasteiger partial charge in [0.1, 0.15) is 12.9 Å². The van der Waals surface area contributed by atoms with E-state index in [0.717, 1.165) is 0 Å². The number of thiophene rings is 1. The fourth-order valence-corrected chi connectivity index (χ4v) is 2.44. The Balaban J connectivity index is 1.87. The molecule has 7 nitrogen and oxygen atoms in total. The first-order chi connectivity index (χ1) is 9.16. The van der Waals surface area contributed by atoms with Crippen LogP contribution in [0.2, 0.25) is 0 Å². The molecule has 0 spiro atoms. The second-order valence-corrected chi connectivity index (χ2v) is 5.13. The van der Waals surface area contributed by atoms with Crippen molar-refractivity contribution in [2.75, 3.05) is 20.6 Å². The third-order valence-electron chi connectivity index (χ3n) is 2.74. The number of nitrogens with zero attached hydrogens (tertiary/aromatic N) is 5. The van der Waals surface area contributed by atoms with Gasteiger partial charge in [-0.15, -0.1) is 5.10 Å².